The summed E-state index contributed by atoms with van der Waals surface area (Å²) in [6, 6.07) is 0.232. The highest BCUT2D eigenvalue weighted by atomic mass is 16.1. The van der Waals surface area contributed by atoms with E-state index in [2.05, 4.69) is 5.32 Å². The Bertz CT molecular complexity index is 200. The van der Waals surface area contributed by atoms with Gasteiger partial charge < -0.3 is 10.1 Å². The number of rotatable bonds is 8. The first-order chi connectivity index (χ1) is 7.02. The molecule has 0 atom stereocenters. The third-order valence-corrected chi connectivity index (χ3v) is 2.13. The first-order valence-electron chi connectivity index (χ1n) is 5.81. The minimum absolute atomic E-state index is 0.136. The smallest absolute Gasteiger partial charge is 0.220 e. The molecule has 0 aliphatic heterocycles. The number of nitrogens with one attached hydrogen (secondary N) is 1. The van der Waals surface area contributed by atoms with Gasteiger partial charge in [-0.25, -0.2) is 0 Å². The zero-order chi connectivity index (χ0) is 11.7. The van der Waals surface area contributed by atoms with E-state index in [-0.39, 0.29) is 17.7 Å². The summed E-state index contributed by atoms with van der Waals surface area (Å²) >= 11 is 0. The number of carbonyl (C=O) groups is 2. The second kappa shape index (κ2) is 8.45. The number of amides is 1. The van der Waals surface area contributed by atoms with Crippen molar-refractivity contribution in [1.82, 2.24) is 5.32 Å². The highest BCUT2D eigenvalue weighted by Gasteiger charge is 2.02. The molecule has 0 unspecified atom stereocenters. The van der Waals surface area contributed by atoms with Crippen molar-refractivity contribution in [3.63, 3.8) is 0 Å². The maximum absolute atomic E-state index is 11.2. The van der Waals surface area contributed by atoms with Gasteiger partial charge in [-0.15, -0.1) is 0 Å². The van der Waals surface area contributed by atoms with Gasteiger partial charge in [-0.2, -0.15) is 0 Å². The Morgan fingerprint density at radius 1 is 1.00 bits per heavy atom. The van der Waals surface area contributed by atoms with Crippen LogP contribution in [0.15, 0.2) is 0 Å². The summed E-state index contributed by atoms with van der Waals surface area (Å²) < 4.78 is 0. The molecule has 0 fully saturated rings. The first-order valence-corrected chi connectivity index (χ1v) is 5.81. The maximum atomic E-state index is 11.2. The van der Waals surface area contributed by atoms with Crippen molar-refractivity contribution < 1.29 is 9.59 Å². The molecule has 88 valence electrons. The summed E-state index contributed by atoms with van der Waals surface area (Å²) in [5, 5.41) is 2.86. The summed E-state index contributed by atoms with van der Waals surface area (Å²) in [4.78, 5) is 21.9. The lowest BCUT2D eigenvalue weighted by Crippen LogP contribution is -2.29. The zero-order valence-corrected chi connectivity index (χ0v) is 10.1. The molecule has 3 heteroatoms. The maximum Gasteiger partial charge on any atom is 0.220 e. The SMILES string of the molecule is CC(=O)CCCCCCC(=O)NC(C)C. The third-order valence-electron chi connectivity index (χ3n) is 2.13. The Labute approximate surface area is 92.6 Å². The van der Waals surface area contributed by atoms with Gasteiger partial charge in [-0.05, 0) is 33.6 Å². The molecule has 0 bridgehead atoms. The number of unbranched alkanes of at least 4 members (excludes halogenated alkanes) is 3. The van der Waals surface area contributed by atoms with E-state index in [1.807, 2.05) is 13.8 Å². The van der Waals surface area contributed by atoms with Crippen LogP contribution in [0.3, 0.4) is 0 Å². The molecule has 0 aromatic heterocycles. The lowest BCUT2D eigenvalue weighted by atomic mass is 10.1. The molecule has 0 saturated heterocycles. The summed E-state index contributed by atoms with van der Waals surface area (Å²) in [5.74, 6) is 0.393. The van der Waals surface area contributed by atoms with Crippen LogP contribution in [0.25, 0.3) is 0 Å². The molecular formula is C12H23NO2. The van der Waals surface area contributed by atoms with Gasteiger partial charge in [-0.1, -0.05) is 12.8 Å². The van der Waals surface area contributed by atoms with Crippen molar-refractivity contribution in [2.24, 2.45) is 0 Å². The van der Waals surface area contributed by atoms with Crippen LogP contribution >= 0.6 is 0 Å². The van der Waals surface area contributed by atoms with E-state index in [0.717, 1.165) is 25.7 Å². The molecule has 0 aliphatic carbocycles. The second-order valence-electron chi connectivity index (χ2n) is 4.34. The molecule has 0 aromatic rings. The quantitative estimate of drug-likeness (QED) is 0.629. The highest BCUT2D eigenvalue weighted by Crippen LogP contribution is 2.05. The predicted octanol–water partition coefficient (Wildman–Crippen LogP) is 2.44. The lowest BCUT2D eigenvalue weighted by Gasteiger charge is -2.07. The third kappa shape index (κ3) is 11.1. The largest absolute Gasteiger partial charge is 0.354 e. The average molecular weight is 213 g/mol. The van der Waals surface area contributed by atoms with E-state index in [1.165, 1.54) is 0 Å². The lowest BCUT2D eigenvalue weighted by molar-refractivity contribution is -0.121. The predicted molar refractivity (Wildman–Crippen MR) is 61.7 cm³/mol. The van der Waals surface area contributed by atoms with Gasteiger partial charge >= 0.3 is 0 Å². The molecule has 15 heavy (non-hydrogen) atoms. The van der Waals surface area contributed by atoms with E-state index in [1.54, 1.807) is 6.92 Å². The fourth-order valence-electron chi connectivity index (χ4n) is 1.41. The highest BCUT2D eigenvalue weighted by molar-refractivity contribution is 5.76. The van der Waals surface area contributed by atoms with Gasteiger partial charge in [0, 0.05) is 18.9 Å². The van der Waals surface area contributed by atoms with Crippen molar-refractivity contribution in [1.29, 1.82) is 0 Å². The standard InChI is InChI=1S/C12H23NO2/c1-10(2)13-12(15)9-7-5-4-6-8-11(3)14/h10H,4-9H2,1-3H3,(H,13,15). The van der Waals surface area contributed by atoms with Crippen LogP contribution in [-0.4, -0.2) is 17.7 Å². The molecule has 1 amide bonds. The monoisotopic (exact) mass is 213 g/mol. The van der Waals surface area contributed by atoms with Crippen molar-refractivity contribution in [3.8, 4) is 0 Å². The van der Waals surface area contributed by atoms with E-state index in [0.29, 0.717) is 12.8 Å². The average Bonchev–Trinajstić information content (AvgIpc) is 2.09. The van der Waals surface area contributed by atoms with Crippen molar-refractivity contribution >= 4 is 11.7 Å². The van der Waals surface area contributed by atoms with Crippen molar-refractivity contribution in [3.05, 3.63) is 0 Å². The number of Topliss-reactive ketones (excluding diaryl/α,β-unsaturated/α-hetero) is 1. The Kier molecular flexibility index (Phi) is 7.96. The molecule has 0 radical (unpaired) electrons. The number of hydrogen-bond acceptors (Lipinski definition) is 2. The van der Waals surface area contributed by atoms with Gasteiger partial charge in [0.05, 0.1) is 0 Å². The van der Waals surface area contributed by atoms with Crippen LogP contribution in [0.1, 0.15) is 59.3 Å². The summed E-state index contributed by atoms with van der Waals surface area (Å²) in [5.41, 5.74) is 0. The van der Waals surface area contributed by atoms with Crippen LogP contribution in [0.5, 0.6) is 0 Å². The molecule has 0 aromatic carbocycles. The van der Waals surface area contributed by atoms with E-state index in [9.17, 15) is 9.59 Å². The summed E-state index contributed by atoms with van der Waals surface area (Å²) in [7, 11) is 0. The number of ketones is 1. The Hall–Kier alpha value is -0.860. The fraction of sp³-hybridized carbons (Fsp3) is 0.833. The van der Waals surface area contributed by atoms with E-state index < -0.39 is 0 Å². The number of hydrogen-bond donors (Lipinski definition) is 1. The van der Waals surface area contributed by atoms with Crippen LogP contribution in [0, 0.1) is 0 Å². The molecule has 1 N–H and O–H groups in total. The second-order valence-corrected chi connectivity index (χ2v) is 4.34. The molecular weight excluding hydrogens is 190 g/mol. The molecule has 0 aliphatic rings. The zero-order valence-electron chi connectivity index (χ0n) is 10.1. The first kappa shape index (κ1) is 14.1. The molecule has 0 spiro atoms. The molecule has 0 rings (SSSR count). The van der Waals surface area contributed by atoms with Crippen LogP contribution in [0.4, 0.5) is 0 Å². The van der Waals surface area contributed by atoms with E-state index in [4.69, 9.17) is 0 Å². The van der Waals surface area contributed by atoms with Crippen molar-refractivity contribution in [2.45, 2.75) is 65.3 Å². The van der Waals surface area contributed by atoms with Crippen molar-refractivity contribution in [2.75, 3.05) is 0 Å². The van der Waals surface area contributed by atoms with Gasteiger partial charge in [0.25, 0.3) is 0 Å². The van der Waals surface area contributed by atoms with Gasteiger partial charge in [0.1, 0.15) is 5.78 Å². The van der Waals surface area contributed by atoms with Gasteiger partial charge in [0.15, 0.2) is 0 Å². The van der Waals surface area contributed by atoms with E-state index >= 15 is 0 Å². The van der Waals surface area contributed by atoms with Gasteiger partial charge in [-0.3, -0.25) is 4.79 Å². The summed E-state index contributed by atoms with van der Waals surface area (Å²) in [6.45, 7) is 5.55. The topological polar surface area (TPSA) is 46.2 Å². The minimum atomic E-state index is 0.136. The summed E-state index contributed by atoms with van der Waals surface area (Å²) in [6.07, 6.45) is 5.27. The van der Waals surface area contributed by atoms with Crippen LogP contribution < -0.4 is 5.32 Å². The fourth-order valence-corrected chi connectivity index (χ4v) is 1.41. The Balaban J connectivity index is 3.24. The Morgan fingerprint density at radius 3 is 2.00 bits per heavy atom. The molecule has 0 heterocycles. The molecule has 0 saturated carbocycles. The van der Waals surface area contributed by atoms with Crippen LogP contribution in [-0.2, 0) is 9.59 Å². The Morgan fingerprint density at radius 2 is 1.53 bits per heavy atom. The minimum Gasteiger partial charge on any atom is -0.354 e. The molecule has 3 nitrogen and oxygen atoms in total. The van der Waals surface area contributed by atoms with Gasteiger partial charge in [0.2, 0.25) is 5.91 Å². The van der Waals surface area contributed by atoms with Crippen LogP contribution in [0.2, 0.25) is 0 Å². The normalized spacial score (nSPS) is 10.4. The number of carbonyl (C=O) groups excluding carboxylic acids is 2.